The van der Waals surface area contributed by atoms with Crippen molar-refractivity contribution in [3.63, 3.8) is 0 Å². The zero-order chi connectivity index (χ0) is 11.1. The van der Waals surface area contributed by atoms with E-state index in [0.717, 1.165) is 18.7 Å². The van der Waals surface area contributed by atoms with Crippen molar-refractivity contribution in [3.05, 3.63) is 29.8 Å². The van der Waals surface area contributed by atoms with Gasteiger partial charge in [0.2, 0.25) is 0 Å². The first-order chi connectivity index (χ1) is 7.30. The van der Waals surface area contributed by atoms with E-state index in [9.17, 15) is 0 Å². The van der Waals surface area contributed by atoms with Crippen molar-refractivity contribution >= 4 is 0 Å². The number of hydrogen-bond donors (Lipinski definition) is 2. The van der Waals surface area contributed by atoms with E-state index >= 15 is 0 Å². The van der Waals surface area contributed by atoms with Crippen LogP contribution in [0, 0.1) is 0 Å². The van der Waals surface area contributed by atoms with E-state index in [2.05, 4.69) is 24.4 Å². The average molecular weight is 210 g/mol. The lowest BCUT2D eigenvalue weighted by molar-refractivity contribution is -0.706. The molecule has 1 aromatic carbocycles. The molecule has 1 atom stereocenters. The minimum Gasteiger partial charge on any atom is -0.497 e. The predicted molar refractivity (Wildman–Crippen MR) is 59.8 cm³/mol. The Labute approximate surface area is 91.1 Å². The van der Waals surface area contributed by atoms with Crippen molar-refractivity contribution in [1.82, 2.24) is 0 Å². The Bertz CT molecular complexity index is 267. The molecule has 3 N–H and O–H groups in total. The Hall–Kier alpha value is -1.06. The number of rotatable bonds is 6. The molecule has 0 amide bonds. The second-order valence-corrected chi connectivity index (χ2v) is 3.64. The summed E-state index contributed by atoms with van der Waals surface area (Å²) in [4.78, 5) is 0. The highest BCUT2D eigenvalue weighted by molar-refractivity contribution is 5.26. The molecule has 0 heterocycles. The summed E-state index contributed by atoms with van der Waals surface area (Å²) >= 11 is 0. The number of quaternary nitrogens is 1. The molecule has 1 aromatic rings. The molecule has 0 spiro atoms. The third kappa shape index (κ3) is 3.90. The van der Waals surface area contributed by atoms with Gasteiger partial charge < -0.3 is 15.2 Å². The maximum atomic E-state index is 9.03. The molecule has 0 aliphatic heterocycles. The standard InChI is InChI=1S/C12H19NO2/c1-3-11(9-14)13-8-10-4-6-12(15-2)7-5-10/h4-7,11,13-14H,3,8-9H2,1-2H3/p+1/t11-/m0/s1. The first kappa shape index (κ1) is 12.0. The molecule has 1 rings (SSSR count). The molecule has 0 unspecified atom stereocenters. The Kier molecular flexibility index (Phi) is 5.15. The van der Waals surface area contributed by atoms with Crippen LogP contribution in [0.25, 0.3) is 0 Å². The van der Waals surface area contributed by atoms with Crippen LogP contribution in [0.4, 0.5) is 0 Å². The summed E-state index contributed by atoms with van der Waals surface area (Å²) in [6.07, 6.45) is 0.993. The van der Waals surface area contributed by atoms with Crippen LogP contribution in [0.1, 0.15) is 18.9 Å². The van der Waals surface area contributed by atoms with Gasteiger partial charge in [-0.05, 0) is 30.7 Å². The molecule has 0 aliphatic carbocycles. The number of aliphatic hydroxyl groups excluding tert-OH is 1. The molecular formula is C12H20NO2+. The lowest BCUT2D eigenvalue weighted by Crippen LogP contribution is -2.89. The van der Waals surface area contributed by atoms with E-state index < -0.39 is 0 Å². The normalized spacial score (nSPS) is 12.5. The summed E-state index contributed by atoms with van der Waals surface area (Å²) in [6, 6.07) is 8.34. The quantitative estimate of drug-likeness (QED) is 0.719. The van der Waals surface area contributed by atoms with Gasteiger partial charge in [-0.1, -0.05) is 6.92 Å². The maximum Gasteiger partial charge on any atom is 0.118 e. The SMILES string of the molecule is CC[C@@H](CO)[NH2+]Cc1ccc(OC)cc1. The Morgan fingerprint density at radius 1 is 1.33 bits per heavy atom. The fourth-order valence-electron chi connectivity index (χ4n) is 1.43. The molecule has 0 radical (unpaired) electrons. The molecule has 3 heteroatoms. The van der Waals surface area contributed by atoms with Gasteiger partial charge in [-0.2, -0.15) is 0 Å². The maximum absolute atomic E-state index is 9.03. The van der Waals surface area contributed by atoms with Gasteiger partial charge in [0.1, 0.15) is 18.3 Å². The van der Waals surface area contributed by atoms with Gasteiger partial charge in [0.25, 0.3) is 0 Å². The lowest BCUT2D eigenvalue weighted by Gasteiger charge is -2.10. The van der Waals surface area contributed by atoms with Crippen LogP contribution in [0.3, 0.4) is 0 Å². The average Bonchev–Trinajstić information content (AvgIpc) is 2.31. The minimum atomic E-state index is 0.243. The number of methoxy groups -OCH3 is 1. The van der Waals surface area contributed by atoms with Gasteiger partial charge >= 0.3 is 0 Å². The van der Waals surface area contributed by atoms with Crippen LogP contribution in [0.15, 0.2) is 24.3 Å². The van der Waals surface area contributed by atoms with Gasteiger partial charge in [-0.15, -0.1) is 0 Å². The second-order valence-electron chi connectivity index (χ2n) is 3.64. The highest BCUT2D eigenvalue weighted by atomic mass is 16.5. The molecule has 0 saturated carbocycles. The van der Waals surface area contributed by atoms with E-state index in [1.807, 2.05) is 12.1 Å². The second kappa shape index (κ2) is 6.43. The zero-order valence-corrected chi connectivity index (χ0v) is 9.44. The fourth-order valence-corrected chi connectivity index (χ4v) is 1.43. The predicted octanol–water partition coefficient (Wildman–Crippen LogP) is 0.529. The van der Waals surface area contributed by atoms with Crippen LogP contribution >= 0.6 is 0 Å². The smallest absolute Gasteiger partial charge is 0.118 e. The van der Waals surface area contributed by atoms with Crippen LogP contribution in [-0.4, -0.2) is 24.9 Å². The third-order valence-electron chi connectivity index (χ3n) is 2.60. The lowest BCUT2D eigenvalue weighted by atomic mass is 10.2. The number of aliphatic hydroxyl groups is 1. The molecule has 0 aliphatic rings. The third-order valence-corrected chi connectivity index (χ3v) is 2.60. The molecule has 3 nitrogen and oxygen atoms in total. The van der Waals surface area contributed by atoms with Crippen LogP contribution in [0.2, 0.25) is 0 Å². The summed E-state index contributed by atoms with van der Waals surface area (Å²) in [5, 5.41) is 11.2. The van der Waals surface area contributed by atoms with Gasteiger partial charge in [-0.3, -0.25) is 0 Å². The Morgan fingerprint density at radius 3 is 2.47 bits per heavy atom. The summed E-state index contributed by atoms with van der Waals surface area (Å²) in [5.41, 5.74) is 1.25. The minimum absolute atomic E-state index is 0.243. The molecule has 0 bridgehead atoms. The van der Waals surface area contributed by atoms with Gasteiger partial charge in [0.15, 0.2) is 0 Å². The van der Waals surface area contributed by atoms with E-state index in [1.54, 1.807) is 7.11 Å². The van der Waals surface area contributed by atoms with Crippen molar-refractivity contribution < 1.29 is 15.2 Å². The molecule has 0 fully saturated rings. The molecule has 84 valence electrons. The van der Waals surface area contributed by atoms with E-state index in [4.69, 9.17) is 9.84 Å². The topological polar surface area (TPSA) is 46.1 Å². The first-order valence-electron chi connectivity index (χ1n) is 5.37. The summed E-state index contributed by atoms with van der Waals surface area (Å²) in [5.74, 6) is 0.882. The number of hydrogen-bond acceptors (Lipinski definition) is 2. The van der Waals surface area contributed by atoms with Crippen molar-refractivity contribution in [1.29, 1.82) is 0 Å². The van der Waals surface area contributed by atoms with Crippen molar-refractivity contribution in [2.75, 3.05) is 13.7 Å². The Morgan fingerprint density at radius 2 is 2.00 bits per heavy atom. The molecule has 0 aromatic heterocycles. The molecular weight excluding hydrogens is 190 g/mol. The van der Waals surface area contributed by atoms with Crippen molar-refractivity contribution in [3.8, 4) is 5.75 Å². The number of nitrogens with two attached hydrogens (primary N) is 1. The monoisotopic (exact) mass is 210 g/mol. The highest BCUT2D eigenvalue weighted by Crippen LogP contribution is 2.10. The molecule has 0 saturated heterocycles. The zero-order valence-electron chi connectivity index (χ0n) is 9.44. The van der Waals surface area contributed by atoms with Gasteiger partial charge in [0.05, 0.1) is 13.7 Å². The van der Waals surface area contributed by atoms with Crippen LogP contribution in [0.5, 0.6) is 5.75 Å². The first-order valence-corrected chi connectivity index (χ1v) is 5.37. The van der Waals surface area contributed by atoms with Crippen molar-refractivity contribution in [2.45, 2.75) is 25.9 Å². The van der Waals surface area contributed by atoms with Crippen LogP contribution in [-0.2, 0) is 6.54 Å². The summed E-state index contributed by atoms with van der Waals surface area (Å²) in [7, 11) is 1.67. The number of benzene rings is 1. The molecule has 15 heavy (non-hydrogen) atoms. The highest BCUT2D eigenvalue weighted by Gasteiger charge is 2.06. The van der Waals surface area contributed by atoms with Gasteiger partial charge in [-0.25, -0.2) is 0 Å². The fraction of sp³-hybridized carbons (Fsp3) is 0.500. The van der Waals surface area contributed by atoms with E-state index in [0.29, 0.717) is 6.04 Å². The number of ether oxygens (including phenoxy) is 1. The van der Waals surface area contributed by atoms with Crippen LogP contribution < -0.4 is 10.1 Å². The summed E-state index contributed by atoms with van der Waals surface area (Å²) in [6.45, 7) is 3.24. The van der Waals surface area contributed by atoms with Crippen molar-refractivity contribution in [2.24, 2.45) is 0 Å². The summed E-state index contributed by atoms with van der Waals surface area (Å²) < 4.78 is 5.09. The van der Waals surface area contributed by atoms with E-state index in [1.165, 1.54) is 5.56 Å². The largest absolute Gasteiger partial charge is 0.497 e. The van der Waals surface area contributed by atoms with E-state index in [-0.39, 0.29) is 6.61 Å². The van der Waals surface area contributed by atoms with Gasteiger partial charge in [0, 0.05) is 5.56 Å². The Balaban J connectivity index is 2.43.